The molecule has 88 valence electrons. The Kier molecular flexibility index (Phi) is 3.49. The molecule has 2 nitrogen and oxygen atoms in total. The minimum absolute atomic E-state index is 0.290. The fourth-order valence-electron chi connectivity index (χ4n) is 2.90. The molecule has 0 unspecified atom stereocenters. The maximum atomic E-state index is 9.61. The molecule has 0 atom stereocenters. The van der Waals surface area contributed by atoms with E-state index in [0.29, 0.717) is 11.2 Å². The lowest BCUT2D eigenvalue weighted by atomic mass is 9.70. The van der Waals surface area contributed by atoms with Crippen LogP contribution in [-0.4, -0.2) is 18.2 Å². The Hall–Kier alpha value is -1.02. The molecule has 2 N–H and O–H groups in total. The highest BCUT2D eigenvalue weighted by atomic mass is 16.3. The van der Waals surface area contributed by atoms with Crippen molar-refractivity contribution < 1.29 is 5.11 Å². The van der Waals surface area contributed by atoms with Crippen LogP contribution in [0, 0.1) is 0 Å². The number of benzene rings is 1. The molecule has 0 aromatic heterocycles. The van der Waals surface area contributed by atoms with Crippen molar-refractivity contribution in [3.63, 3.8) is 0 Å². The predicted molar refractivity (Wildman–Crippen MR) is 66.8 cm³/mol. The Balaban J connectivity index is 2.30. The molecule has 1 aliphatic rings. The highest BCUT2D eigenvalue weighted by Gasteiger charge is 2.32. The molecule has 2 heteroatoms. The van der Waals surface area contributed by atoms with Crippen LogP contribution < -0.4 is 5.32 Å². The smallest absolute Gasteiger partial charge is 0.115 e. The van der Waals surface area contributed by atoms with Gasteiger partial charge in [-0.1, -0.05) is 25.5 Å². The molecule has 1 aromatic rings. The number of phenolic OH excluding ortho intramolecular Hbond substituents is 1. The van der Waals surface area contributed by atoms with E-state index in [1.165, 1.54) is 31.2 Å². The van der Waals surface area contributed by atoms with E-state index in [0.717, 1.165) is 13.1 Å². The Bertz CT molecular complexity index is 337. The molecule has 1 fully saturated rings. The van der Waals surface area contributed by atoms with Crippen molar-refractivity contribution >= 4 is 0 Å². The minimum Gasteiger partial charge on any atom is -0.508 e. The SMILES string of the molecule is CCCC1(c2cccc(O)c2)CCNCC1. The second kappa shape index (κ2) is 4.88. The average Bonchev–Trinajstić information content (AvgIpc) is 2.31. The first kappa shape index (κ1) is 11.5. The van der Waals surface area contributed by atoms with Gasteiger partial charge in [-0.25, -0.2) is 0 Å². The van der Waals surface area contributed by atoms with E-state index in [1.54, 1.807) is 6.07 Å². The molecule has 0 spiro atoms. The van der Waals surface area contributed by atoms with Crippen LogP contribution in [0.4, 0.5) is 0 Å². The van der Waals surface area contributed by atoms with Crippen molar-refractivity contribution in [3.05, 3.63) is 29.8 Å². The van der Waals surface area contributed by atoms with E-state index in [1.807, 2.05) is 12.1 Å². The molecular weight excluding hydrogens is 198 g/mol. The first-order valence-electron chi connectivity index (χ1n) is 6.27. The van der Waals surface area contributed by atoms with E-state index in [2.05, 4.69) is 18.3 Å². The Morgan fingerprint density at radius 3 is 2.69 bits per heavy atom. The molecular formula is C14H21NO. The monoisotopic (exact) mass is 219 g/mol. The summed E-state index contributed by atoms with van der Waals surface area (Å²) in [5.74, 6) is 0.395. The van der Waals surface area contributed by atoms with E-state index in [-0.39, 0.29) is 0 Å². The van der Waals surface area contributed by atoms with Crippen LogP contribution in [0.1, 0.15) is 38.2 Å². The van der Waals surface area contributed by atoms with Crippen molar-refractivity contribution in [2.24, 2.45) is 0 Å². The lowest BCUT2D eigenvalue weighted by Crippen LogP contribution is -2.39. The normalized spacial score (nSPS) is 19.6. The molecule has 0 amide bonds. The molecule has 0 bridgehead atoms. The van der Waals surface area contributed by atoms with Crippen LogP contribution in [-0.2, 0) is 5.41 Å². The third kappa shape index (κ3) is 2.22. The van der Waals surface area contributed by atoms with Crippen LogP contribution >= 0.6 is 0 Å². The number of piperidine rings is 1. The molecule has 0 radical (unpaired) electrons. The number of nitrogens with one attached hydrogen (secondary N) is 1. The summed E-state index contributed by atoms with van der Waals surface area (Å²) in [5.41, 5.74) is 1.61. The van der Waals surface area contributed by atoms with Gasteiger partial charge in [-0.05, 0) is 55.5 Å². The predicted octanol–water partition coefficient (Wildman–Crippen LogP) is 2.81. The second-order valence-electron chi connectivity index (χ2n) is 4.83. The van der Waals surface area contributed by atoms with Crippen LogP contribution in [0.2, 0.25) is 0 Å². The fourth-order valence-corrected chi connectivity index (χ4v) is 2.90. The summed E-state index contributed by atoms with van der Waals surface area (Å²) in [7, 11) is 0. The van der Waals surface area contributed by atoms with Crippen molar-refractivity contribution in [2.75, 3.05) is 13.1 Å². The summed E-state index contributed by atoms with van der Waals surface area (Å²) >= 11 is 0. The summed E-state index contributed by atoms with van der Waals surface area (Å²) in [6.07, 6.45) is 4.79. The third-order valence-electron chi connectivity index (χ3n) is 3.75. The molecule has 1 heterocycles. The van der Waals surface area contributed by atoms with Gasteiger partial charge < -0.3 is 10.4 Å². The lowest BCUT2D eigenvalue weighted by Gasteiger charge is -2.38. The molecule has 1 aromatic carbocycles. The number of aromatic hydroxyl groups is 1. The lowest BCUT2D eigenvalue weighted by molar-refractivity contribution is 0.284. The number of hydrogen-bond acceptors (Lipinski definition) is 2. The van der Waals surface area contributed by atoms with Gasteiger partial charge in [0.25, 0.3) is 0 Å². The van der Waals surface area contributed by atoms with Gasteiger partial charge in [0.15, 0.2) is 0 Å². The van der Waals surface area contributed by atoms with Crippen molar-refractivity contribution in [2.45, 2.75) is 38.0 Å². The van der Waals surface area contributed by atoms with Gasteiger partial charge in [0, 0.05) is 0 Å². The second-order valence-corrected chi connectivity index (χ2v) is 4.83. The average molecular weight is 219 g/mol. The fraction of sp³-hybridized carbons (Fsp3) is 0.571. The number of phenols is 1. The van der Waals surface area contributed by atoms with E-state index < -0.39 is 0 Å². The quantitative estimate of drug-likeness (QED) is 0.819. The molecule has 0 saturated carbocycles. The zero-order valence-electron chi connectivity index (χ0n) is 10.00. The van der Waals surface area contributed by atoms with Crippen molar-refractivity contribution in [1.29, 1.82) is 0 Å². The summed E-state index contributed by atoms with van der Waals surface area (Å²) < 4.78 is 0. The summed E-state index contributed by atoms with van der Waals surface area (Å²) in [4.78, 5) is 0. The summed E-state index contributed by atoms with van der Waals surface area (Å²) in [6.45, 7) is 4.43. The maximum absolute atomic E-state index is 9.61. The van der Waals surface area contributed by atoms with Crippen molar-refractivity contribution in [1.82, 2.24) is 5.32 Å². The Morgan fingerprint density at radius 2 is 2.06 bits per heavy atom. The minimum atomic E-state index is 0.290. The largest absolute Gasteiger partial charge is 0.508 e. The highest BCUT2D eigenvalue weighted by molar-refractivity contribution is 5.33. The number of hydrogen-bond donors (Lipinski definition) is 2. The van der Waals surface area contributed by atoms with E-state index in [4.69, 9.17) is 0 Å². The molecule has 2 rings (SSSR count). The van der Waals surface area contributed by atoms with Gasteiger partial charge in [-0.15, -0.1) is 0 Å². The molecule has 0 aliphatic carbocycles. The Morgan fingerprint density at radius 1 is 1.31 bits per heavy atom. The van der Waals surface area contributed by atoms with Gasteiger partial charge in [-0.2, -0.15) is 0 Å². The van der Waals surface area contributed by atoms with Crippen LogP contribution in [0.25, 0.3) is 0 Å². The van der Waals surface area contributed by atoms with Gasteiger partial charge >= 0.3 is 0 Å². The molecule has 1 saturated heterocycles. The van der Waals surface area contributed by atoms with Crippen LogP contribution in [0.15, 0.2) is 24.3 Å². The van der Waals surface area contributed by atoms with E-state index >= 15 is 0 Å². The Labute approximate surface area is 97.7 Å². The van der Waals surface area contributed by atoms with Gasteiger partial charge in [0.2, 0.25) is 0 Å². The van der Waals surface area contributed by atoms with Gasteiger partial charge in [-0.3, -0.25) is 0 Å². The summed E-state index contributed by atoms with van der Waals surface area (Å²) in [6, 6.07) is 7.83. The zero-order valence-corrected chi connectivity index (χ0v) is 10.00. The van der Waals surface area contributed by atoms with Crippen molar-refractivity contribution in [3.8, 4) is 5.75 Å². The van der Waals surface area contributed by atoms with E-state index in [9.17, 15) is 5.11 Å². The summed E-state index contributed by atoms with van der Waals surface area (Å²) in [5, 5.41) is 13.0. The first-order valence-corrected chi connectivity index (χ1v) is 6.27. The van der Waals surface area contributed by atoms with Crippen LogP contribution in [0.5, 0.6) is 5.75 Å². The molecule has 16 heavy (non-hydrogen) atoms. The third-order valence-corrected chi connectivity index (χ3v) is 3.75. The molecule has 1 aliphatic heterocycles. The standard InChI is InChI=1S/C14H21NO/c1-2-6-14(7-9-15-10-8-14)12-4-3-5-13(16)11-12/h3-5,11,15-16H,2,6-10H2,1H3. The van der Waals surface area contributed by atoms with Gasteiger partial charge in [0.05, 0.1) is 0 Å². The highest BCUT2D eigenvalue weighted by Crippen LogP contribution is 2.38. The topological polar surface area (TPSA) is 32.3 Å². The van der Waals surface area contributed by atoms with Gasteiger partial charge in [0.1, 0.15) is 5.75 Å². The maximum Gasteiger partial charge on any atom is 0.115 e. The van der Waals surface area contributed by atoms with Crippen LogP contribution in [0.3, 0.4) is 0 Å². The zero-order chi connectivity index (χ0) is 11.4. The first-order chi connectivity index (χ1) is 7.77. The number of rotatable bonds is 3.